The molecule has 0 atom stereocenters. The van der Waals surface area contributed by atoms with Crippen LogP contribution in [0.2, 0.25) is 5.02 Å². The number of nitrogens with zero attached hydrogens (tertiary/aromatic N) is 8. The Balaban J connectivity index is 1.41. The molecule has 5 heterocycles. The van der Waals surface area contributed by atoms with Crippen LogP contribution in [-0.4, -0.2) is 39.4 Å². The van der Waals surface area contributed by atoms with E-state index in [0.717, 1.165) is 26.4 Å². The van der Waals surface area contributed by atoms with Crippen LogP contribution >= 0.6 is 46.0 Å². The smallest absolute Gasteiger partial charge is 0.235 e. The van der Waals surface area contributed by atoms with Crippen molar-refractivity contribution >= 4 is 66.9 Å². The summed E-state index contributed by atoms with van der Waals surface area (Å²) in [6.07, 6.45) is 1.73. The summed E-state index contributed by atoms with van der Waals surface area (Å²) in [5, 5.41) is 26.6. The molecule has 0 radical (unpaired) electrons. The molecule has 28 heavy (non-hydrogen) atoms. The largest absolute Gasteiger partial charge is 0.259 e. The molecule has 5 aromatic heterocycles. The first kappa shape index (κ1) is 16.4. The molecule has 0 fully saturated rings. The SMILES string of the molecule is Clc1ccc(-c2nn3c(Sc4nnc5c6sccc6ncn45)nnc3s2)cc1. The normalized spacial score (nSPS) is 11.9. The molecular formula is C16H7ClN8S3. The van der Waals surface area contributed by atoms with Crippen LogP contribution in [0.15, 0.2) is 52.4 Å². The highest BCUT2D eigenvalue weighted by Crippen LogP contribution is 2.32. The van der Waals surface area contributed by atoms with Crippen molar-refractivity contribution in [2.75, 3.05) is 0 Å². The van der Waals surface area contributed by atoms with E-state index in [4.69, 9.17) is 11.6 Å². The number of aromatic nitrogens is 8. The van der Waals surface area contributed by atoms with Gasteiger partial charge >= 0.3 is 0 Å². The Hall–Kier alpha value is -2.60. The Labute approximate surface area is 173 Å². The second-order valence-electron chi connectivity index (χ2n) is 5.75. The highest BCUT2D eigenvalue weighted by atomic mass is 35.5. The Morgan fingerprint density at radius 2 is 1.82 bits per heavy atom. The van der Waals surface area contributed by atoms with Gasteiger partial charge in [-0.25, -0.2) is 4.98 Å². The zero-order valence-corrected chi connectivity index (χ0v) is 16.9. The Morgan fingerprint density at radius 3 is 2.71 bits per heavy atom. The van der Waals surface area contributed by atoms with Crippen LogP contribution in [0.25, 0.3) is 31.4 Å². The van der Waals surface area contributed by atoms with Gasteiger partial charge in [0.1, 0.15) is 11.3 Å². The van der Waals surface area contributed by atoms with Crippen molar-refractivity contribution in [3.8, 4) is 10.6 Å². The lowest BCUT2D eigenvalue weighted by molar-refractivity contribution is 0.814. The second-order valence-corrected chi connectivity index (χ2v) is 8.99. The standard InChI is InChI=1S/C16H7ClN8S3/c17-9-3-1-8(2-4-9)13-23-25-15(27-13)21-22-16(25)28-14-20-19-12-11-10(5-6-26-11)18-7-24(12)14/h1-7H. The minimum atomic E-state index is 0.618. The van der Waals surface area contributed by atoms with Crippen LogP contribution in [0.4, 0.5) is 0 Å². The summed E-state index contributed by atoms with van der Waals surface area (Å²) in [6, 6.07) is 9.53. The van der Waals surface area contributed by atoms with Gasteiger partial charge in [-0.2, -0.15) is 9.61 Å². The van der Waals surface area contributed by atoms with Crippen LogP contribution in [0.3, 0.4) is 0 Å². The van der Waals surface area contributed by atoms with E-state index in [1.165, 1.54) is 23.1 Å². The maximum absolute atomic E-state index is 5.97. The molecule has 0 bridgehead atoms. The number of fused-ring (bicyclic) bond motifs is 4. The first-order valence-corrected chi connectivity index (χ1v) is 10.9. The van der Waals surface area contributed by atoms with Crippen molar-refractivity contribution < 1.29 is 0 Å². The predicted molar refractivity (Wildman–Crippen MR) is 109 cm³/mol. The van der Waals surface area contributed by atoms with Gasteiger partial charge in [-0.1, -0.05) is 35.1 Å². The van der Waals surface area contributed by atoms with Gasteiger partial charge in [0, 0.05) is 10.6 Å². The van der Waals surface area contributed by atoms with Gasteiger partial charge in [0.15, 0.2) is 5.65 Å². The third-order valence-corrected chi connectivity index (χ3v) is 7.06. The second kappa shape index (κ2) is 6.21. The van der Waals surface area contributed by atoms with E-state index in [1.54, 1.807) is 22.2 Å². The molecule has 0 spiro atoms. The van der Waals surface area contributed by atoms with Crippen LogP contribution in [0.5, 0.6) is 0 Å². The summed E-state index contributed by atoms with van der Waals surface area (Å²) in [6.45, 7) is 0. The average Bonchev–Trinajstić information content (AvgIpc) is 3.46. The molecule has 0 aliphatic rings. The van der Waals surface area contributed by atoms with Gasteiger partial charge in [-0.3, -0.25) is 4.40 Å². The quantitative estimate of drug-likeness (QED) is 0.403. The molecule has 0 aliphatic carbocycles. The topological polar surface area (TPSA) is 86.2 Å². The summed E-state index contributed by atoms with van der Waals surface area (Å²) in [5.41, 5.74) is 2.68. The third kappa shape index (κ3) is 2.51. The van der Waals surface area contributed by atoms with Crippen molar-refractivity contribution in [2.24, 2.45) is 0 Å². The molecule has 0 saturated heterocycles. The minimum Gasteiger partial charge on any atom is -0.259 e. The maximum atomic E-state index is 5.97. The van der Waals surface area contributed by atoms with Gasteiger partial charge < -0.3 is 0 Å². The minimum absolute atomic E-state index is 0.618. The first-order chi connectivity index (χ1) is 13.8. The molecule has 0 unspecified atom stereocenters. The summed E-state index contributed by atoms with van der Waals surface area (Å²) >= 11 is 10.4. The van der Waals surface area contributed by atoms with Crippen molar-refractivity contribution in [3.63, 3.8) is 0 Å². The number of thiophene rings is 1. The summed E-state index contributed by atoms with van der Waals surface area (Å²) < 4.78 is 4.58. The molecule has 6 rings (SSSR count). The van der Waals surface area contributed by atoms with E-state index >= 15 is 0 Å². The summed E-state index contributed by atoms with van der Waals surface area (Å²) in [7, 11) is 0. The van der Waals surface area contributed by atoms with E-state index in [1.807, 2.05) is 40.1 Å². The fraction of sp³-hybridized carbons (Fsp3) is 0. The van der Waals surface area contributed by atoms with Gasteiger partial charge in [-0.05, 0) is 35.3 Å². The van der Waals surface area contributed by atoms with E-state index in [9.17, 15) is 0 Å². The number of hydrogen-bond donors (Lipinski definition) is 0. The summed E-state index contributed by atoms with van der Waals surface area (Å²) in [4.78, 5) is 5.17. The number of rotatable bonds is 3. The van der Waals surface area contributed by atoms with Crippen LogP contribution < -0.4 is 0 Å². The fourth-order valence-electron chi connectivity index (χ4n) is 2.75. The Kier molecular flexibility index (Phi) is 3.63. The van der Waals surface area contributed by atoms with E-state index in [0.29, 0.717) is 20.3 Å². The first-order valence-electron chi connectivity index (χ1n) is 7.99. The molecule has 0 N–H and O–H groups in total. The monoisotopic (exact) mass is 442 g/mol. The highest BCUT2D eigenvalue weighted by Gasteiger charge is 2.18. The average molecular weight is 443 g/mol. The number of benzene rings is 1. The molecule has 6 aromatic rings. The molecular weight excluding hydrogens is 436 g/mol. The number of hydrogen-bond acceptors (Lipinski definition) is 9. The number of halogens is 1. The maximum Gasteiger partial charge on any atom is 0.235 e. The van der Waals surface area contributed by atoms with Gasteiger partial charge in [0.25, 0.3) is 0 Å². The lowest BCUT2D eigenvalue weighted by Gasteiger charge is -1.98. The van der Waals surface area contributed by atoms with E-state index in [-0.39, 0.29) is 0 Å². The van der Waals surface area contributed by atoms with Gasteiger partial charge in [-0.15, -0.1) is 31.7 Å². The lowest BCUT2D eigenvalue weighted by atomic mass is 10.2. The van der Waals surface area contributed by atoms with Crippen LogP contribution in [-0.2, 0) is 0 Å². The van der Waals surface area contributed by atoms with Crippen molar-refractivity contribution in [1.82, 2.24) is 39.4 Å². The van der Waals surface area contributed by atoms with Gasteiger partial charge in [0.2, 0.25) is 15.3 Å². The predicted octanol–water partition coefficient (Wildman–Crippen LogP) is 4.31. The van der Waals surface area contributed by atoms with Crippen molar-refractivity contribution in [3.05, 3.63) is 47.1 Å². The van der Waals surface area contributed by atoms with Crippen molar-refractivity contribution in [2.45, 2.75) is 10.3 Å². The highest BCUT2D eigenvalue weighted by molar-refractivity contribution is 7.99. The Morgan fingerprint density at radius 1 is 0.964 bits per heavy atom. The Bertz CT molecular complexity index is 1460. The van der Waals surface area contributed by atoms with E-state index in [2.05, 4.69) is 30.5 Å². The zero-order valence-electron chi connectivity index (χ0n) is 13.7. The molecule has 136 valence electrons. The fourth-order valence-corrected chi connectivity index (χ4v) is 5.37. The molecule has 0 saturated carbocycles. The third-order valence-electron chi connectivity index (χ3n) is 4.06. The molecule has 8 nitrogen and oxygen atoms in total. The molecule has 0 aliphatic heterocycles. The van der Waals surface area contributed by atoms with Crippen LogP contribution in [0.1, 0.15) is 0 Å². The molecule has 1 aromatic carbocycles. The molecule has 12 heteroatoms. The lowest BCUT2D eigenvalue weighted by Crippen LogP contribution is -1.93. The van der Waals surface area contributed by atoms with E-state index < -0.39 is 0 Å². The summed E-state index contributed by atoms with van der Waals surface area (Å²) in [5.74, 6) is 0. The zero-order chi connectivity index (χ0) is 18.7. The molecule has 0 amide bonds. The van der Waals surface area contributed by atoms with Crippen LogP contribution in [0, 0.1) is 0 Å². The van der Waals surface area contributed by atoms with Gasteiger partial charge in [0.05, 0.1) is 10.2 Å². The van der Waals surface area contributed by atoms with Crippen molar-refractivity contribution in [1.29, 1.82) is 0 Å².